The van der Waals surface area contributed by atoms with E-state index < -0.39 is 0 Å². The fraction of sp³-hybridized carbons (Fsp3) is 0.455. The van der Waals surface area contributed by atoms with Crippen molar-refractivity contribution >= 4 is 46.0 Å². The highest BCUT2D eigenvalue weighted by molar-refractivity contribution is 7.80. The number of thiophene rings is 1. The van der Waals surface area contributed by atoms with Crippen LogP contribution in [0.3, 0.4) is 0 Å². The van der Waals surface area contributed by atoms with Crippen LogP contribution < -0.4 is 10.7 Å². The molecule has 0 saturated carbocycles. The first-order chi connectivity index (χ1) is 8.13. The molecule has 0 spiro atoms. The van der Waals surface area contributed by atoms with Crippen LogP contribution in [0.15, 0.2) is 17.2 Å². The first-order valence-corrected chi connectivity index (χ1v) is 7.07. The van der Waals surface area contributed by atoms with E-state index in [1.165, 1.54) is 11.3 Å². The molecule has 17 heavy (non-hydrogen) atoms. The summed E-state index contributed by atoms with van der Waals surface area (Å²) in [7, 11) is 0. The molecular weight excluding hydrogens is 274 g/mol. The van der Waals surface area contributed by atoms with Crippen LogP contribution in [0.4, 0.5) is 0 Å². The fourth-order valence-corrected chi connectivity index (χ4v) is 2.25. The molecule has 0 bridgehead atoms. The lowest BCUT2D eigenvalue weighted by Crippen LogP contribution is -2.33. The largest absolute Gasteiger partial charge is 0.361 e. The Balaban J connectivity index is 2.40. The Morgan fingerprint density at radius 2 is 2.29 bits per heavy atom. The van der Waals surface area contributed by atoms with Gasteiger partial charge in [0.05, 0.1) is 14.9 Å². The van der Waals surface area contributed by atoms with E-state index in [-0.39, 0.29) is 0 Å². The van der Waals surface area contributed by atoms with Gasteiger partial charge in [-0.1, -0.05) is 24.9 Å². The summed E-state index contributed by atoms with van der Waals surface area (Å²) in [5, 5.41) is 7.84. The van der Waals surface area contributed by atoms with Gasteiger partial charge in [0.25, 0.3) is 0 Å². The third-order valence-corrected chi connectivity index (χ3v) is 3.65. The summed E-state index contributed by atoms with van der Waals surface area (Å²) in [4.78, 5) is 1.04. The Bertz CT molecular complexity index is 401. The molecule has 1 aromatic rings. The Kier molecular flexibility index (Phi) is 6.47. The number of nitrogens with zero attached hydrogens (tertiary/aromatic N) is 1. The third kappa shape index (κ3) is 5.48. The van der Waals surface area contributed by atoms with Crippen molar-refractivity contribution in [2.24, 2.45) is 5.10 Å². The Labute approximate surface area is 116 Å². The molecule has 0 aromatic carbocycles. The van der Waals surface area contributed by atoms with Gasteiger partial charge < -0.3 is 5.32 Å². The lowest BCUT2D eigenvalue weighted by atomic mass is 10.3. The minimum absolute atomic E-state index is 0.556. The van der Waals surface area contributed by atoms with Crippen LogP contribution in [0, 0.1) is 0 Å². The van der Waals surface area contributed by atoms with Gasteiger partial charge in [0.15, 0.2) is 5.11 Å². The molecule has 0 radical (unpaired) electrons. The van der Waals surface area contributed by atoms with Crippen molar-refractivity contribution in [1.82, 2.24) is 10.7 Å². The standard InChI is InChI=1S/C11H16ClN3S2/c1-3-4-7-13-11(16)15-14-8(2)9-5-6-10(12)17-9/h5-6H,3-4,7H2,1-2H3,(H2,13,15,16)/b14-8-. The van der Waals surface area contributed by atoms with Crippen LogP contribution in [-0.2, 0) is 0 Å². The second-order valence-electron chi connectivity index (χ2n) is 3.52. The first-order valence-electron chi connectivity index (χ1n) is 5.47. The molecule has 0 aliphatic rings. The maximum absolute atomic E-state index is 5.86. The number of hydrazone groups is 1. The zero-order valence-electron chi connectivity index (χ0n) is 9.92. The van der Waals surface area contributed by atoms with Gasteiger partial charge in [0.2, 0.25) is 0 Å². The minimum Gasteiger partial charge on any atom is -0.361 e. The predicted molar refractivity (Wildman–Crippen MR) is 80.2 cm³/mol. The summed E-state index contributed by atoms with van der Waals surface area (Å²) in [5.74, 6) is 0. The third-order valence-electron chi connectivity index (χ3n) is 2.07. The van der Waals surface area contributed by atoms with Crippen molar-refractivity contribution in [3.63, 3.8) is 0 Å². The van der Waals surface area contributed by atoms with E-state index in [0.717, 1.165) is 34.3 Å². The van der Waals surface area contributed by atoms with Crippen molar-refractivity contribution in [3.05, 3.63) is 21.3 Å². The predicted octanol–water partition coefficient (Wildman–Crippen LogP) is 3.39. The van der Waals surface area contributed by atoms with Crippen molar-refractivity contribution in [1.29, 1.82) is 0 Å². The number of hydrogen-bond acceptors (Lipinski definition) is 3. The molecule has 94 valence electrons. The average molecular weight is 290 g/mol. The van der Waals surface area contributed by atoms with Gasteiger partial charge in [-0.25, -0.2) is 0 Å². The SMILES string of the molecule is CCCCNC(=S)N/N=C(/C)c1ccc(Cl)s1. The van der Waals surface area contributed by atoms with Gasteiger partial charge in [-0.2, -0.15) is 5.10 Å². The molecule has 6 heteroatoms. The summed E-state index contributed by atoms with van der Waals surface area (Å²) >= 11 is 12.4. The highest BCUT2D eigenvalue weighted by Gasteiger charge is 2.01. The molecule has 0 aliphatic carbocycles. The van der Waals surface area contributed by atoms with Crippen molar-refractivity contribution in [2.45, 2.75) is 26.7 Å². The van der Waals surface area contributed by atoms with Gasteiger partial charge in [-0.3, -0.25) is 5.43 Å². The minimum atomic E-state index is 0.556. The molecule has 0 amide bonds. The van der Waals surface area contributed by atoms with Crippen molar-refractivity contribution in [2.75, 3.05) is 6.54 Å². The second kappa shape index (κ2) is 7.63. The zero-order valence-corrected chi connectivity index (χ0v) is 12.3. The molecule has 0 saturated heterocycles. The van der Waals surface area contributed by atoms with E-state index in [4.69, 9.17) is 23.8 Å². The van der Waals surface area contributed by atoms with E-state index in [1.807, 2.05) is 19.1 Å². The van der Waals surface area contributed by atoms with E-state index in [2.05, 4.69) is 22.8 Å². The van der Waals surface area contributed by atoms with Gasteiger partial charge >= 0.3 is 0 Å². The highest BCUT2D eigenvalue weighted by atomic mass is 35.5. The Hall–Kier alpha value is -0.650. The quantitative estimate of drug-likeness (QED) is 0.378. The normalized spacial score (nSPS) is 11.4. The fourth-order valence-electron chi connectivity index (χ4n) is 1.12. The summed E-state index contributed by atoms with van der Waals surface area (Å²) < 4.78 is 0.762. The summed E-state index contributed by atoms with van der Waals surface area (Å²) in [5.41, 5.74) is 3.70. The molecule has 0 fully saturated rings. The number of halogens is 1. The summed E-state index contributed by atoms with van der Waals surface area (Å²) in [6.45, 7) is 4.94. The van der Waals surface area contributed by atoms with Crippen LogP contribution in [0.5, 0.6) is 0 Å². The zero-order chi connectivity index (χ0) is 12.7. The van der Waals surface area contributed by atoms with Gasteiger partial charge in [-0.05, 0) is 37.7 Å². The van der Waals surface area contributed by atoms with Gasteiger partial charge in [0.1, 0.15) is 0 Å². The molecule has 1 rings (SSSR count). The maximum atomic E-state index is 5.86. The average Bonchev–Trinajstić information content (AvgIpc) is 2.73. The Morgan fingerprint density at radius 3 is 2.88 bits per heavy atom. The van der Waals surface area contributed by atoms with E-state index >= 15 is 0 Å². The summed E-state index contributed by atoms with van der Waals surface area (Å²) in [6.07, 6.45) is 2.25. The molecule has 3 nitrogen and oxygen atoms in total. The number of hydrogen-bond donors (Lipinski definition) is 2. The number of rotatable bonds is 5. The molecule has 1 aromatic heterocycles. The van der Waals surface area contributed by atoms with Crippen molar-refractivity contribution < 1.29 is 0 Å². The topological polar surface area (TPSA) is 36.4 Å². The van der Waals surface area contributed by atoms with Gasteiger partial charge in [0, 0.05) is 6.54 Å². The van der Waals surface area contributed by atoms with Crippen LogP contribution in [-0.4, -0.2) is 17.4 Å². The molecule has 0 atom stereocenters. The Morgan fingerprint density at radius 1 is 1.53 bits per heavy atom. The first kappa shape index (κ1) is 14.4. The van der Waals surface area contributed by atoms with Crippen LogP contribution in [0.1, 0.15) is 31.6 Å². The lowest BCUT2D eigenvalue weighted by Gasteiger charge is -2.06. The molecule has 1 heterocycles. The molecular formula is C11H16ClN3S2. The smallest absolute Gasteiger partial charge is 0.186 e. The van der Waals surface area contributed by atoms with Crippen molar-refractivity contribution in [3.8, 4) is 0 Å². The van der Waals surface area contributed by atoms with Crippen LogP contribution in [0.2, 0.25) is 4.34 Å². The maximum Gasteiger partial charge on any atom is 0.186 e. The highest BCUT2D eigenvalue weighted by Crippen LogP contribution is 2.21. The lowest BCUT2D eigenvalue weighted by molar-refractivity contribution is 0.745. The van der Waals surface area contributed by atoms with Gasteiger partial charge in [-0.15, -0.1) is 11.3 Å². The van der Waals surface area contributed by atoms with Crippen LogP contribution in [0.25, 0.3) is 0 Å². The van der Waals surface area contributed by atoms with E-state index in [1.54, 1.807) is 0 Å². The number of unbranched alkanes of at least 4 members (excludes halogenated alkanes) is 1. The second-order valence-corrected chi connectivity index (χ2v) is 5.65. The monoisotopic (exact) mass is 289 g/mol. The van der Waals surface area contributed by atoms with Crippen LogP contribution >= 0.6 is 35.2 Å². The molecule has 0 aliphatic heterocycles. The van der Waals surface area contributed by atoms with E-state index in [0.29, 0.717) is 5.11 Å². The molecule has 0 unspecified atom stereocenters. The van der Waals surface area contributed by atoms with E-state index in [9.17, 15) is 0 Å². The number of thiocarbonyl (C=S) groups is 1. The number of nitrogens with one attached hydrogen (secondary N) is 2. The molecule has 2 N–H and O–H groups in total. The summed E-state index contributed by atoms with van der Waals surface area (Å²) in [6, 6.07) is 3.81.